The van der Waals surface area contributed by atoms with Crippen LogP contribution < -0.4 is 4.72 Å². The molecule has 0 aromatic heterocycles. The van der Waals surface area contributed by atoms with E-state index in [1.54, 1.807) is 14.1 Å². The number of benzene rings is 1. The molecule has 0 aliphatic heterocycles. The summed E-state index contributed by atoms with van der Waals surface area (Å²) in [6.07, 6.45) is 0.0657. The van der Waals surface area contributed by atoms with E-state index < -0.39 is 10.0 Å². The van der Waals surface area contributed by atoms with E-state index in [4.69, 9.17) is 16.9 Å². The summed E-state index contributed by atoms with van der Waals surface area (Å²) in [7, 11) is -0.555. The molecule has 8 heteroatoms. The maximum absolute atomic E-state index is 12.0. The minimum Gasteiger partial charge on any atom is -0.349 e. The highest BCUT2D eigenvalue weighted by atomic mass is 35.5. The molecule has 1 aromatic carbocycles. The van der Waals surface area contributed by atoms with Crippen molar-refractivity contribution in [3.63, 3.8) is 0 Å². The number of amides is 1. The first-order valence-corrected chi connectivity index (χ1v) is 7.53. The molecule has 0 bridgehead atoms. The van der Waals surface area contributed by atoms with Gasteiger partial charge in [-0.25, -0.2) is 13.1 Å². The van der Waals surface area contributed by atoms with Crippen LogP contribution in [0.1, 0.15) is 12.0 Å². The zero-order valence-corrected chi connectivity index (χ0v) is 12.6. The smallest absolute Gasteiger partial charge is 0.240 e. The van der Waals surface area contributed by atoms with E-state index in [-0.39, 0.29) is 34.4 Å². The SMILES string of the molecule is CN(C)C(=O)CCNS(=O)(=O)c1ccc(C#N)c(Cl)c1. The molecular weight excluding hydrogens is 302 g/mol. The molecule has 0 atom stereocenters. The lowest BCUT2D eigenvalue weighted by atomic mass is 10.2. The summed E-state index contributed by atoms with van der Waals surface area (Å²) in [6.45, 7) is -0.00301. The van der Waals surface area contributed by atoms with Crippen LogP contribution in [0.2, 0.25) is 5.02 Å². The Morgan fingerprint density at radius 2 is 2.10 bits per heavy atom. The summed E-state index contributed by atoms with van der Waals surface area (Å²) in [5, 5.41) is 8.79. The summed E-state index contributed by atoms with van der Waals surface area (Å²) < 4.78 is 26.2. The van der Waals surface area contributed by atoms with Crippen LogP contribution in [0, 0.1) is 11.3 Å². The second-order valence-electron chi connectivity index (χ2n) is 4.19. The van der Waals surface area contributed by atoms with Gasteiger partial charge in [-0.2, -0.15) is 5.26 Å². The van der Waals surface area contributed by atoms with Crippen LogP contribution in [0.4, 0.5) is 0 Å². The third-order valence-electron chi connectivity index (χ3n) is 2.50. The lowest BCUT2D eigenvalue weighted by Gasteiger charge is -2.11. The molecule has 0 saturated heterocycles. The fourth-order valence-electron chi connectivity index (χ4n) is 1.35. The van der Waals surface area contributed by atoms with Gasteiger partial charge in [-0.05, 0) is 18.2 Å². The maximum Gasteiger partial charge on any atom is 0.240 e. The largest absolute Gasteiger partial charge is 0.349 e. The molecule has 0 saturated carbocycles. The highest BCUT2D eigenvalue weighted by Crippen LogP contribution is 2.19. The molecule has 1 N–H and O–H groups in total. The standard InChI is InChI=1S/C12H14ClN3O3S/c1-16(2)12(17)5-6-15-20(18,19)10-4-3-9(8-14)11(13)7-10/h3-4,7,15H,5-6H2,1-2H3. The molecule has 20 heavy (non-hydrogen) atoms. The normalized spacial score (nSPS) is 10.9. The first-order chi connectivity index (χ1) is 9.27. The van der Waals surface area contributed by atoms with Crippen molar-refractivity contribution >= 4 is 27.5 Å². The highest BCUT2D eigenvalue weighted by molar-refractivity contribution is 7.89. The lowest BCUT2D eigenvalue weighted by Crippen LogP contribution is -2.30. The average molecular weight is 316 g/mol. The number of hydrogen-bond acceptors (Lipinski definition) is 4. The predicted molar refractivity (Wildman–Crippen MR) is 74.7 cm³/mol. The Labute approximate surface area is 123 Å². The molecule has 0 radical (unpaired) electrons. The molecule has 0 aliphatic rings. The summed E-state index contributed by atoms with van der Waals surface area (Å²) in [4.78, 5) is 12.7. The third-order valence-corrected chi connectivity index (χ3v) is 4.27. The Bertz CT molecular complexity index is 650. The van der Waals surface area contributed by atoms with Gasteiger partial charge in [0.25, 0.3) is 0 Å². The van der Waals surface area contributed by atoms with Crippen molar-refractivity contribution in [3.05, 3.63) is 28.8 Å². The molecule has 0 aliphatic carbocycles. The van der Waals surface area contributed by atoms with E-state index in [2.05, 4.69) is 4.72 Å². The van der Waals surface area contributed by atoms with Gasteiger partial charge in [-0.3, -0.25) is 4.79 Å². The molecule has 0 unspecified atom stereocenters. The third kappa shape index (κ3) is 4.20. The summed E-state index contributed by atoms with van der Waals surface area (Å²) in [5.74, 6) is -0.175. The number of rotatable bonds is 5. The Balaban J connectivity index is 2.77. The topological polar surface area (TPSA) is 90.3 Å². The monoisotopic (exact) mass is 315 g/mol. The second-order valence-corrected chi connectivity index (χ2v) is 6.36. The van der Waals surface area contributed by atoms with E-state index in [0.717, 1.165) is 0 Å². The molecule has 0 fully saturated rings. The van der Waals surface area contributed by atoms with Gasteiger partial charge in [0.05, 0.1) is 15.5 Å². The van der Waals surface area contributed by atoms with Crippen LogP contribution in [-0.4, -0.2) is 39.9 Å². The van der Waals surface area contributed by atoms with Gasteiger partial charge in [0, 0.05) is 27.1 Å². The van der Waals surface area contributed by atoms with Crippen molar-refractivity contribution in [1.29, 1.82) is 5.26 Å². The fourth-order valence-corrected chi connectivity index (χ4v) is 2.70. The van der Waals surface area contributed by atoms with Crippen LogP contribution in [0.5, 0.6) is 0 Å². The van der Waals surface area contributed by atoms with Crippen molar-refractivity contribution in [1.82, 2.24) is 9.62 Å². The number of carbonyl (C=O) groups is 1. The Morgan fingerprint density at radius 3 is 2.60 bits per heavy atom. The minimum absolute atomic E-state index is 0.00301. The van der Waals surface area contributed by atoms with Crippen molar-refractivity contribution in [2.45, 2.75) is 11.3 Å². The van der Waals surface area contributed by atoms with E-state index in [0.29, 0.717) is 0 Å². The van der Waals surface area contributed by atoms with E-state index >= 15 is 0 Å². The minimum atomic E-state index is -3.74. The summed E-state index contributed by atoms with van der Waals surface area (Å²) in [5.41, 5.74) is 0.202. The Kier molecular flexibility index (Phi) is 5.51. The average Bonchev–Trinajstić information content (AvgIpc) is 2.38. The summed E-state index contributed by atoms with van der Waals surface area (Å²) in [6, 6.07) is 5.68. The van der Waals surface area contributed by atoms with Gasteiger partial charge < -0.3 is 4.90 Å². The Morgan fingerprint density at radius 1 is 1.45 bits per heavy atom. The number of nitriles is 1. The van der Waals surface area contributed by atoms with Crippen LogP contribution in [0.3, 0.4) is 0 Å². The zero-order valence-electron chi connectivity index (χ0n) is 11.1. The number of sulfonamides is 1. The number of hydrogen-bond donors (Lipinski definition) is 1. The van der Waals surface area contributed by atoms with Gasteiger partial charge in [0.2, 0.25) is 15.9 Å². The molecule has 1 rings (SSSR count). The molecule has 1 aromatic rings. The van der Waals surface area contributed by atoms with Crippen molar-refractivity contribution < 1.29 is 13.2 Å². The van der Waals surface area contributed by atoms with Crippen molar-refractivity contribution in [2.75, 3.05) is 20.6 Å². The van der Waals surface area contributed by atoms with E-state index in [1.807, 2.05) is 6.07 Å². The zero-order chi connectivity index (χ0) is 15.3. The van der Waals surface area contributed by atoms with Crippen LogP contribution in [0.25, 0.3) is 0 Å². The molecule has 108 valence electrons. The van der Waals surface area contributed by atoms with Gasteiger partial charge >= 0.3 is 0 Å². The number of halogens is 1. The van der Waals surface area contributed by atoms with Crippen molar-refractivity contribution in [3.8, 4) is 6.07 Å². The number of nitrogens with zero attached hydrogens (tertiary/aromatic N) is 2. The van der Waals surface area contributed by atoms with Crippen LogP contribution in [-0.2, 0) is 14.8 Å². The quantitative estimate of drug-likeness (QED) is 0.876. The molecule has 6 nitrogen and oxygen atoms in total. The number of carbonyl (C=O) groups excluding carboxylic acids is 1. The van der Waals surface area contributed by atoms with Crippen LogP contribution in [0.15, 0.2) is 23.1 Å². The van der Waals surface area contributed by atoms with Gasteiger partial charge in [-0.1, -0.05) is 11.6 Å². The van der Waals surface area contributed by atoms with Gasteiger partial charge in [-0.15, -0.1) is 0 Å². The number of nitrogens with one attached hydrogen (secondary N) is 1. The second kappa shape index (κ2) is 6.70. The molecular formula is C12H14ClN3O3S. The van der Waals surface area contributed by atoms with Crippen LogP contribution >= 0.6 is 11.6 Å². The fraction of sp³-hybridized carbons (Fsp3) is 0.333. The first kappa shape index (κ1) is 16.4. The molecule has 0 spiro atoms. The maximum atomic E-state index is 12.0. The van der Waals surface area contributed by atoms with Gasteiger partial charge in [0.15, 0.2) is 0 Å². The van der Waals surface area contributed by atoms with E-state index in [9.17, 15) is 13.2 Å². The molecule has 0 heterocycles. The lowest BCUT2D eigenvalue weighted by molar-refractivity contribution is -0.128. The summed E-state index contributed by atoms with van der Waals surface area (Å²) >= 11 is 5.79. The van der Waals surface area contributed by atoms with E-state index in [1.165, 1.54) is 23.1 Å². The predicted octanol–water partition coefficient (Wildman–Crippen LogP) is 0.968. The Hall–Kier alpha value is -1.62. The van der Waals surface area contributed by atoms with Crippen molar-refractivity contribution in [2.24, 2.45) is 0 Å². The first-order valence-electron chi connectivity index (χ1n) is 5.67. The molecule has 1 amide bonds. The highest BCUT2D eigenvalue weighted by Gasteiger charge is 2.16. The van der Waals surface area contributed by atoms with Gasteiger partial charge in [0.1, 0.15) is 6.07 Å².